The minimum absolute atomic E-state index is 0.416. The molecule has 22 heavy (non-hydrogen) atoms. The van der Waals surface area contributed by atoms with Gasteiger partial charge >= 0.3 is 5.97 Å². The molecule has 0 N–H and O–H groups in total. The number of hydrogen-bond acceptors (Lipinski definition) is 5. The third-order valence-electron chi connectivity index (χ3n) is 3.12. The van der Waals surface area contributed by atoms with Crippen LogP contribution in [0.25, 0.3) is 11.6 Å². The molecule has 0 radical (unpaired) electrons. The summed E-state index contributed by atoms with van der Waals surface area (Å²) < 4.78 is 15.3. The van der Waals surface area contributed by atoms with Crippen LogP contribution in [-0.2, 0) is 9.53 Å². The van der Waals surface area contributed by atoms with Gasteiger partial charge < -0.3 is 14.2 Å². The van der Waals surface area contributed by atoms with Crippen LogP contribution in [0.1, 0.15) is 11.1 Å². The highest BCUT2D eigenvalue weighted by Crippen LogP contribution is 2.29. The minimum Gasteiger partial charge on any atom is -0.493 e. The molecule has 0 bridgehead atoms. The van der Waals surface area contributed by atoms with E-state index in [4.69, 9.17) is 14.2 Å². The molecule has 1 aromatic heterocycles. The van der Waals surface area contributed by atoms with Crippen molar-refractivity contribution in [2.24, 2.45) is 0 Å². The Morgan fingerprint density at radius 3 is 2.27 bits per heavy atom. The van der Waals surface area contributed by atoms with Crippen LogP contribution in [0.4, 0.5) is 0 Å². The summed E-state index contributed by atoms with van der Waals surface area (Å²) in [5.41, 5.74) is 1.98. The molecule has 0 aliphatic carbocycles. The summed E-state index contributed by atoms with van der Waals surface area (Å²) in [6, 6.07) is 8.92. The van der Waals surface area contributed by atoms with Gasteiger partial charge in [0.05, 0.1) is 26.9 Å². The fourth-order valence-corrected chi connectivity index (χ4v) is 2.01. The lowest BCUT2D eigenvalue weighted by atomic mass is 10.0. The van der Waals surface area contributed by atoms with E-state index >= 15 is 0 Å². The van der Waals surface area contributed by atoms with Gasteiger partial charge in [0.2, 0.25) is 0 Å². The number of carbonyl (C=O) groups is 1. The van der Waals surface area contributed by atoms with E-state index < -0.39 is 5.97 Å². The van der Waals surface area contributed by atoms with E-state index in [1.54, 1.807) is 57.0 Å². The van der Waals surface area contributed by atoms with E-state index in [9.17, 15) is 4.79 Å². The smallest absolute Gasteiger partial charge is 0.338 e. The number of ether oxygens (including phenoxy) is 3. The second-order valence-electron chi connectivity index (χ2n) is 4.40. The number of carbonyl (C=O) groups excluding carboxylic acids is 1. The Morgan fingerprint density at radius 2 is 1.68 bits per heavy atom. The highest BCUT2D eigenvalue weighted by molar-refractivity contribution is 6.21. The Bertz CT molecular complexity index is 680. The maximum atomic E-state index is 12.0. The zero-order chi connectivity index (χ0) is 15.9. The summed E-state index contributed by atoms with van der Waals surface area (Å²) in [6.07, 6.45) is 4.99. The van der Waals surface area contributed by atoms with Crippen molar-refractivity contribution in [3.8, 4) is 11.5 Å². The normalized spacial score (nSPS) is 11.0. The Kier molecular flexibility index (Phi) is 5.14. The second kappa shape index (κ2) is 7.26. The lowest BCUT2D eigenvalue weighted by molar-refractivity contribution is -0.133. The minimum atomic E-state index is -0.416. The molecule has 0 amide bonds. The zero-order valence-corrected chi connectivity index (χ0v) is 12.7. The number of pyridine rings is 1. The molecule has 0 fully saturated rings. The van der Waals surface area contributed by atoms with Gasteiger partial charge in [0.15, 0.2) is 11.5 Å². The Balaban J connectivity index is 2.48. The Morgan fingerprint density at radius 1 is 1.00 bits per heavy atom. The molecule has 0 saturated carbocycles. The molecular formula is C17H17NO4. The molecule has 0 aliphatic rings. The summed E-state index contributed by atoms with van der Waals surface area (Å²) in [5.74, 6) is 0.805. The average Bonchev–Trinajstić information content (AvgIpc) is 2.59. The molecule has 0 unspecified atom stereocenters. The van der Waals surface area contributed by atoms with E-state index in [-0.39, 0.29) is 0 Å². The van der Waals surface area contributed by atoms with Crippen molar-refractivity contribution in [1.82, 2.24) is 4.98 Å². The van der Waals surface area contributed by atoms with Crippen LogP contribution in [0, 0.1) is 0 Å². The van der Waals surface area contributed by atoms with Gasteiger partial charge in [-0.25, -0.2) is 4.79 Å². The molecule has 2 rings (SSSR count). The maximum Gasteiger partial charge on any atom is 0.338 e. The summed E-state index contributed by atoms with van der Waals surface area (Å²) in [5, 5.41) is 0. The molecule has 2 aromatic rings. The van der Waals surface area contributed by atoms with E-state index in [0.29, 0.717) is 17.1 Å². The fourth-order valence-electron chi connectivity index (χ4n) is 2.01. The molecule has 0 aliphatic heterocycles. The number of nitrogens with zero attached hydrogens (tertiary/aromatic N) is 1. The third-order valence-corrected chi connectivity index (χ3v) is 3.12. The highest BCUT2D eigenvalue weighted by Gasteiger charge is 2.13. The van der Waals surface area contributed by atoms with Gasteiger partial charge in [0, 0.05) is 12.4 Å². The number of hydrogen-bond donors (Lipinski definition) is 0. The quantitative estimate of drug-likeness (QED) is 0.627. The van der Waals surface area contributed by atoms with Gasteiger partial charge in [-0.2, -0.15) is 0 Å². The summed E-state index contributed by atoms with van der Waals surface area (Å²) in [6.45, 7) is 0. The predicted octanol–water partition coefficient (Wildman–Crippen LogP) is 2.81. The topological polar surface area (TPSA) is 57.7 Å². The lowest BCUT2D eigenvalue weighted by Gasteiger charge is -2.09. The first-order chi connectivity index (χ1) is 10.7. The Labute approximate surface area is 129 Å². The van der Waals surface area contributed by atoms with Crippen LogP contribution in [0.3, 0.4) is 0 Å². The van der Waals surface area contributed by atoms with Crippen LogP contribution in [0.5, 0.6) is 11.5 Å². The van der Waals surface area contributed by atoms with Crippen molar-refractivity contribution in [1.29, 1.82) is 0 Å². The first kappa shape index (κ1) is 15.6. The summed E-state index contributed by atoms with van der Waals surface area (Å²) in [7, 11) is 4.49. The summed E-state index contributed by atoms with van der Waals surface area (Å²) in [4.78, 5) is 16.0. The van der Waals surface area contributed by atoms with Crippen molar-refractivity contribution >= 4 is 17.6 Å². The van der Waals surface area contributed by atoms with Crippen LogP contribution >= 0.6 is 0 Å². The largest absolute Gasteiger partial charge is 0.493 e. The van der Waals surface area contributed by atoms with Gasteiger partial charge in [-0.1, -0.05) is 6.07 Å². The Hall–Kier alpha value is -2.82. The number of aromatic nitrogens is 1. The maximum absolute atomic E-state index is 12.0. The molecule has 5 nitrogen and oxygen atoms in total. The van der Waals surface area contributed by atoms with Crippen LogP contribution in [0.2, 0.25) is 0 Å². The van der Waals surface area contributed by atoms with E-state index in [0.717, 1.165) is 11.1 Å². The zero-order valence-electron chi connectivity index (χ0n) is 12.7. The van der Waals surface area contributed by atoms with Gasteiger partial charge in [0.25, 0.3) is 0 Å². The molecule has 1 heterocycles. The van der Waals surface area contributed by atoms with Gasteiger partial charge in [-0.05, 0) is 41.5 Å². The van der Waals surface area contributed by atoms with E-state index in [1.165, 1.54) is 7.11 Å². The first-order valence-corrected chi connectivity index (χ1v) is 6.62. The van der Waals surface area contributed by atoms with Crippen molar-refractivity contribution in [2.75, 3.05) is 21.3 Å². The SMILES string of the molecule is COC(=O)/C(=C/c1ccc(OC)c(OC)c1)c1ccncc1. The van der Waals surface area contributed by atoms with Crippen molar-refractivity contribution in [2.45, 2.75) is 0 Å². The van der Waals surface area contributed by atoms with Crippen LogP contribution in [-0.4, -0.2) is 32.3 Å². The monoisotopic (exact) mass is 299 g/mol. The third kappa shape index (κ3) is 3.44. The number of methoxy groups -OCH3 is 3. The fraction of sp³-hybridized carbons (Fsp3) is 0.176. The number of rotatable bonds is 5. The van der Waals surface area contributed by atoms with Crippen molar-refractivity contribution in [3.63, 3.8) is 0 Å². The highest BCUT2D eigenvalue weighted by atomic mass is 16.5. The average molecular weight is 299 g/mol. The second-order valence-corrected chi connectivity index (χ2v) is 4.40. The van der Waals surface area contributed by atoms with Crippen LogP contribution < -0.4 is 9.47 Å². The van der Waals surface area contributed by atoms with Crippen molar-refractivity contribution in [3.05, 3.63) is 53.9 Å². The predicted molar refractivity (Wildman–Crippen MR) is 83.7 cm³/mol. The van der Waals surface area contributed by atoms with Gasteiger partial charge in [-0.15, -0.1) is 0 Å². The van der Waals surface area contributed by atoms with Gasteiger partial charge in [0.1, 0.15) is 0 Å². The molecule has 0 spiro atoms. The molecular weight excluding hydrogens is 282 g/mol. The molecule has 114 valence electrons. The molecule has 5 heteroatoms. The van der Waals surface area contributed by atoms with Crippen molar-refractivity contribution < 1.29 is 19.0 Å². The molecule has 0 atom stereocenters. The number of esters is 1. The molecule has 1 aromatic carbocycles. The van der Waals surface area contributed by atoms with Crippen LogP contribution in [0.15, 0.2) is 42.7 Å². The standard InChI is InChI=1S/C17H17NO4/c1-20-15-5-4-12(11-16(15)21-2)10-14(17(19)22-3)13-6-8-18-9-7-13/h4-11H,1-3H3/b14-10+. The van der Waals surface area contributed by atoms with Gasteiger partial charge in [-0.3, -0.25) is 4.98 Å². The number of benzene rings is 1. The van der Waals surface area contributed by atoms with E-state index in [1.807, 2.05) is 6.07 Å². The summed E-state index contributed by atoms with van der Waals surface area (Å²) >= 11 is 0. The first-order valence-electron chi connectivity index (χ1n) is 6.62. The molecule has 0 saturated heterocycles. The lowest BCUT2D eigenvalue weighted by Crippen LogP contribution is -2.04. The van der Waals surface area contributed by atoms with E-state index in [2.05, 4.69) is 4.98 Å².